The third kappa shape index (κ3) is 10.8. The maximum atomic E-state index is 12.4. The van der Waals surface area contributed by atoms with Crippen molar-refractivity contribution in [3.63, 3.8) is 0 Å². The molecular formula is C57H88O25. The van der Waals surface area contributed by atoms with Crippen molar-refractivity contribution in [1.82, 2.24) is 0 Å². The number of carboxylic acid groups (broad SMARTS) is 1. The summed E-state index contributed by atoms with van der Waals surface area (Å²) < 4.78 is 65.1. The Morgan fingerprint density at radius 2 is 1.20 bits per heavy atom. The Labute approximate surface area is 476 Å². The minimum atomic E-state index is -1.99. The Bertz CT molecular complexity index is 2390. The first-order chi connectivity index (χ1) is 38.3. The van der Waals surface area contributed by atoms with E-state index in [1.54, 1.807) is 0 Å². The number of fused-ring (bicyclic) bond motifs is 7. The maximum absolute atomic E-state index is 12.4. The van der Waals surface area contributed by atoms with Crippen molar-refractivity contribution in [1.29, 1.82) is 0 Å². The van der Waals surface area contributed by atoms with E-state index in [-0.39, 0.29) is 53.8 Å². The van der Waals surface area contributed by atoms with Crippen LogP contribution in [0.2, 0.25) is 0 Å². The van der Waals surface area contributed by atoms with E-state index in [4.69, 9.17) is 52.1 Å². The fourth-order valence-electron chi connectivity index (χ4n) is 16.8. The molecule has 4 heterocycles. The lowest BCUT2D eigenvalue weighted by molar-refractivity contribution is -0.367. The molecule has 9 rings (SSSR count). The fourth-order valence-corrected chi connectivity index (χ4v) is 16.8. The van der Waals surface area contributed by atoms with Gasteiger partial charge in [-0.2, -0.15) is 0 Å². The second kappa shape index (κ2) is 23.2. The number of carbonyl (C=O) groups excluding carboxylic acids is 3. The van der Waals surface area contributed by atoms with Crippen molar-refractivity contribution in [2.75, 3.05) is 26.4 Å². The molecule has 25 heteroatoms. The van der Waals surface area contributed by atoms with Crippen LogP contribution in [0.15, 0.2) is 11.6 Å². The molecule has 25 nitrogen and oxygen atoms in total. The predicted molar refractivity (Wildman–Crippen MR) is 277 cm³/mol. The van der Waals surface area contributed by atoms with Gasteiger partial charge in [-0.15, -0.1) is 0 Å². The molecule has 4 saturated carbocycles. The van der Waals surface area contributed by atoms with Crippen LogP contribution in [0.25, 0.3) is 0 Å². The summed E-state index contributed by atoms with van der Waals surface area (Å²) in [5.41, 5.74) is -2.16. The molecule has 82 heavy (non-hydrogen) atoms. The first-order valence-corrected chi connectivity index (χ1v) is 28.9. The minimum absolute atomic E-state index is 0.0968. The summed E-state index contributed by atoms with van der Waals surface area (Å²) in [7, 11) is 0. The van der Waals surface area contributed by atoms with Crippen molar-refractivity contribution >= 4 is 23.9 Å². The van der Waals surface area contributed by atoms with Gasteiger partial charge in [-0.3, -0.25) is 14.4 Å². The van der Waals surface area contributed by atoms with Crippen LogP contribution in [0.5, 0.6) is 0 Å². The van der Waals surface area contributed by atoms with E-state index in [2.05, 4.69) is 33.8 Å². The zero-order valence-corrected chi connectivity index (χ0v) is 48.4. The van der Waals surface area contributed by atoms with Crippen LogP contribution in [0.4, 0.5) is 0 Å². The summed E-state index contributed by atoms with van der Waals surface area (Å²) in [4.78, 5) is 49.0. The summed E-state index contributed by atoms with van der Waals surface area (Å²) in [6.07, 6.45) is -22.7. The highest BCUT2D eigenvalue weighted by molar-refractivity contribution is 5.73. The van der Waals surface area contributed by atoms with Crippen LogP contribution >= 0.6 is 0 Å². The van der Waals surface area contributed by atoms with Gasteiger partial charge in [0.1, 0.15) is 54.9 Å². The van der Waals surface area contributed by atoms with Crippen molar-refractivity contribution in [2.45, 2.75) is 243 Å². The summed E-state index contributed by atoms with van der Waals surface area (Å²) >= 11 is 0. The van der Waals surface area contributed by atoms with Crippen LogP contribution in [0.1, 0.15) is 121 Å². The molecule has 4 saturated heterocycles. The molecule has 0 amide bonds. The largest absolute Gasteiger partial charge is 0.479 e. The molecule has 466 valence electrons. The second-order valence-electron chi connectivity index (χ2n) is 26.8. The highest BCUT2D eigenvalue weighted by Crippen LogP contribution is 2.76. The molecule has 8 fully saturated rings. The zero-order chi connectivity index (χ0) is 60.1. The molecule has 10 N–H and O–H groups in total. The number of allylic oxidation sites excluding steroid dienone is 2. The molecule has 0 bridgehead atoms. The fraction of sp³-hybridized carbons (Fsp3) is 0.895. The van der Waals surface area contributed by atoms with E-state index in [1.165, 1.54) is 5.57 Å². The maximum Gasteiger partial charge on any atom is 0.335 e. The van der Waals surface area contributed by atoms with E-state index in [9.17, 15) is 70.2 Å². The predicted octanol–water partition coefficient (Wildman–Crippen LogP) is 0.102. The summed E-state index contributed by atoms with van der Waals surface area (Å²) in [6.45, 7) is 16.9. The number of aliphatic hydroxyl groups is 9. The normalized spacial score (nSPS) is 50.9. The lowest BCUT2D eigenvalue weighted by Gasteiger charge is -2.72. The van der Waals surface area contributed by atoms with Gasteiger partial charge in [-0.1, -0.05) is 60.1 Å². The molecular weight excluding hydrogens is 1080 g/mol. The SMILES string of the molecule is CC(=O)O[C@@H]1[C@@H](OC(C)=O)[C@H](O[C@@H]2[C@@H](O)[C@H](OC3C(O)C(C)(C)C[C@H]4C5=CC[C@@H]6[C@@]7(C)CC[C@H](O[C@@H]8O[C@H](C(=O)O)[C@@H](O)[C@H](O)[C@H]8O[C@@H]8OC[C@H](O)[C@H](O)[C@H]8O)[C@](C)(CO)[C@@H]7CC[C@@]6(C)[C@]5(C)CC[C@@]34C)OC[C@@H]2O)OC[C@@H]1OC(C)=O. The first-order valence-electron chi connectivity index (χ1n) is 28.9. The van der Waals surface area contributed by atoms with Gasteiger partial charge in [-0.25, -0.2) is 4.79 Å². The number of esters is 3. The molecule has 4 aliphatic heterocycles. The van der Waals surface area contributed by atoms with Crippen LogP contribution in [-0.2, 0) is 71.3 Å². The topological polar surface area (TPSA) is 372 Å². The number of hydrogen-bond acceptors (Lipinski definition) is 24. The summed E-state index contributed by atoms with van der Waals surface area (Å²) in [5, 5.41) is 111. The van der Waals surface area contributed by atoms with Crippen LogP contribution in [0, 0.1) is 50.2 Å². The Morgan fingerprint density at radius 1 is 0.585 bits per heavy atom. The monoisotopic (exact) mass is 1170 g/mol. The van der Waals surface area contributed by atoms with Crippen LogP contribution in [0.3, 0.4) is 0 Å². The third-order valence-corrected chi connectivity index (χ3v) is 21.5. The average molecular weight is 1170 g/mol. The lowest BCUT2D eigenvalue weighted by Crippen LogP contribution is -2.69. The Kier molecular flexibility index (Phi) is 18.0. The summed E-state index contributed by atoms with van der Waals surface area (Å²) in [5.74, 6) is -4.05. The van der Waals surface area contributed by atoms with E-state index in [0.717, 1.165) is 27.2 Å². The van der Waals surface area contributed by atoms with E-state index >= 15 is 0 Å². The van der Waals surface area contributed by atoms with Gasteiger partial charge in [0, 0.05) is 31.6 Å². The second-order valence-corrected chi connectivity index (χ2v) is 26.8. The Hall–Kier alpha value is -3.06. The molecule has 9 aliphatic rings. The molecule has 0 aromatic heterocycles. The van der Waals surface area contributed by atoms with Gasteiger partial charge in [0.05, 0.1) is 44.7 Å². The lowest BCUT2D eigenvalue weighted by atomic mass is 9.33. The van der Waals surface area contributed by atoms with Gasteiger partial charge in [0.15, 0.2) is 49.6 Å². The Balaban J connectivity index is 0.949. The number of ether oxygens (including phenoxy) is 11. The van der Waals surface area contributed by atoms with E-state index in [0.29, 0.717) is 44.9 Å². The number of hydrogen-bond donors (Lipinski definition) is 10. The number of carbonyl (C=O) groups is 4. The smallest absolute Gasteiger partial charge is 0.335 e. The third-order valence-electron chi connectivity index (χ3n) is 21.5. The molecule has 28 atom stereocenters. The molecule has 0 spiro atoms. The van der Waals surface area contributed by atoms with Gasteiger partial charge in [-0.05, 0) is 90.8 Å². The quantitative estimate of drug-likeness (QED) is 0.0506. The molecule has 2 unspecified atom stereocenters. The molecule has 0 aromatic rings. The minimum Gasteiger partial charge on any atom is -0.479 e. The average Bonchev–Trinajstić information content (AvgIpc) is 1.00. The number of rotatable bonds is 13. The number of aliphatic hydroxyl groups excluding tert-OH is 9. The molecule has 0 aromatic carbocycles. The Morgan fingerprint density at radius 3 is 1.83 bits per heavy atom. The van der Waals surface area contributed by atoms with Gasteiger partial charge < -0.3 is 103 Å². The van der Waals surface area contributed by atoms with Crippen molar-refractivity contribution in [3.05, 3.63) is 11.6 Å². The highest BCUT2D eigenvalue weighted by atomic mass is 16.8. The zero-order valence-electron chi connectivity index (χ0n) is 48.4. The highest BCUT2D eigenvalue weighted by Gasteiger charge is 2.71. The van der Waals surface area contributed by atoms with Crippen LogP contribution in [-0.4, -0.2) is 224 Å². The van der Waals surface area contributed by atoms with E-state index in [1.807, 2.05) is 20.8 Å². The van der Waals surface area contributed by atoms with Gasteiger partial charge in [0.2, 0.25) is 0 Å². The molecule has 0 radical (unpaired) electrons. The van der Waals surface area contributed by atoms with E-state index < -0.39 is 170 Å². The van der Waals surface area contributed by atoms with Crippen molar-refractivity contribution in [2.24, 2.45) is 50.2 Å². The van der Waals surface area contributed by atoms with Crippen molar-refractivity contribution in [3.8, 4) is 0 Å². The number of carboxylic acids is 1. The summed E-state index contributed by atoms with van der Waals surface area (Å²) in [6, 6.07) is 0. The number of aliphatic carboxylic acids is 1. The van der Waals surface area contributed by atoms with Gasteiger partial charge >= 0.3 is 23.9 Å². The first kappa shape index (κ1) is 63.4. The van der Waals surface area contributed by atoms with Crippen molar-refractivity contribution < 1.29 is 122 Å². The van der Waals surface area contributed by atoms with Crippen LogP contribution < -0.4 is 0 Å². The standard InChI is InChI=1S/C57H88O25/c1-24(59)75-31-22-74-50(44(77-26(3)61)41(31)76-25(2)60)79-40-30(63)21-73-49(39(40)68)82-46-45(69)52(4,5)19-28-27-11-12-33-54(7)15-14-34(55(8,23-58)32(54)13-16-57(33,10)56(27,9)18-17-53(28,46)6)78-51-43(37(66)36(65)42(80-51)47(70)71)81-48-38(67)35(64)29(62)20-72-48/h11,28-46,48-51,58,62-69H,12-23H2,1-10H3,(H,70,71)/t28-,29-,30-,31-,32+,33+,34-,35-,36-,37-,38+,39+,40-,41-,42-,43+,44+,45?,46?,48-,49-,50-,51+,53+,54-,55+,56+,57+/m0/s1. The van der Waals surface area contributed by atoms with Gasteiger partial charge in [0.25, 0.3) is 0 Å². The molecule has 5 aliphatic carbocycles.